The minimum absolute atomic E-state index is 0.327. The Labute approximate surface area is 659 Å². The molecular weight excluding hydrogens is 1350 g/mol. The summed E-state index contributed by atoms with van der Waals surface area (Å²) in [6.07, 6.45) is 11.1. The van der Waals surface area contributed by atoms with Gasteiger partial charge in [-0.3, -0.25) is 0 Å². The average Bonchev–Trinajstić information content (AvgIpc) is 1.56. The third-order valence-electron chi connectivity index (χ3n) is 23.4. The first-order chi connectivity index (χ1) is 55.2. The molecule has 0 spiro atoms. The van der Waals surface area contributed by atoms with E-state index in [9.17, 15) is 0 Å². The monoisotopic (exact) mass is 1430 g/mol. The van der Waals surface area contributed by atoms with E-state index in [-0.39, 0.29) is 10.8 Å². The molecule has 0 fully saturated rings. The van der Waals surface area contributed by atoms with E-state index in [0.717, 1.165) is 104 Å². The second-order valence-electron chi connectivity index (χ2n) is 30.0. The maximum atomic E-state index is 4.06. The number of hydrogen-bond donors (Lipinski definition) is 0. The maximum Gasteiger partial charge on any atom is 0.0462 e. The molecule has 18 rings (SSSR count). The maximum absolute atomic E-state index is 4.06. The number of anilines is 6. The van der Waals surface area contributed by atoms with E-state index >= 15 is 0 Å². The third kappa shape index (κ3) is 13.5. The number of fused-ring (bicyclic) bond motifs is 6. The van der Waals surface area contributed by atoms with Crippen molar-refractivity contribution < 1.29 is 0 Å². The normalized spacial score (nSPS) is 12.5. The zero-order valence-corrected chi connectivity index (χ0v) is 62.8. The standard InChI is InChI=1S/C110H84N2/c1-5-77-27-35-81(36-28-77)73-109(74-82-37-29-78(6-2)30-38-82)105-25-17-15-23-101(105)103-69-55-93(71-107(103)109)91-51-65-99(66-52-91)111(95-57-43-87(44-58-95)85-19-11-9-12-20-85)97-61-47-89(48-62-97)90-49-63-98(64-50-90)112(96-59-45-88(46-60-96)86-21-13-10-14-22-86)100-67-53-92(54-68-100)94-56-70-104-102-24-16-18-26-106(102)110(108(104)72-94,75-83-39-31-79(7-3)32-40-83)76-84-41-33-80(8-4)34-42-84/h5-72H,1-4,73-76H2. The predicted molar refractivity (Wildman–Crippen MR) is 476 cm³/mol. The summed E-state index contributed by atoms with van der Waals surface area (Å²) in [5.74, 6) is 0. The summed E-state index contributed by atoms with van der Waals surface area (Å²) in [5, 5.41) is 0. The van der Waals surface area contributed by atoms with Crippen LogP contribution in [0.2, 0.25) is 0 Å². The lowest BCUT2D eigenvalue weighted by molar-refractivity contribution is 0.520. The van der Waals surface area contributed by atoms with Crippen LogP contribution in [-0.2, 0) is 36.5 Å². The Balaban J connectivity index is 0.666. The average molecular weight is 1430 g/mol. The third-order valence-corrected chi connectivity index (χ3v) is 23.4. The van der Waals surface area contributed by atoms with Crippen LogP contribution in [0.4, 0.5) is 34.1 Å². The number of nitrogens with zero attached hydrogens (tertiary/aromatic N) is 2. The van der Waals surface area contributed by atoms with Crippen LogP contribution in [-0.4, -0.2) is 0 Å². The van der Waals surface area contributed by atoms with Crippen molar-refractivity contribution in [2.24, 2.45) is 0 Å². The molecule has 0 unspecified atom stereocenters. The van der Waals surface area contributed by atoms with Gasteiger partial charge in [-0.05, 0) is 255 Å². The summed E-state index contributed by atoms with van der Waals surface area (Å²) >= 11 is 0. The van der Waals surface area contributed by atoms with E-state index in [4.69, 9.17) is 0 Å². The van der Waals surface area contributed by atoms with Gasteiger partial charge < -0.3 is 9.80 Å². The van der Waals surface area contributed by atoms with E-state index < -0.39 is 0 Å². The molecule has 16 aromatic carbocycles. The van der Waals surface area contributed by atoms with Crippen molar-refractivity contribution in [3.8, 4) is 77.9 Å². The molecule has 0 bridgehead atoms. The Bertz CT molecular complexity index is 5610. The van der Waals surface area contributed by atoms with E-state index in [2.05, 4.69) is 424 Å². The fraction of sp³-hybridized carbons (Fsp3) is 0.0545. The minimum atomic E-state index is -0.327. The molecule has 2 aliphatic rings. The van der Waals surface area contributed by atoms with Gasteiger partial charge in [-0.15, -0.1) is 0 Å². The smallest absolute Gasteiger partial charge is 0.0462 e. The molecule has 534 valence electrons. The van der Waals surface area contributed by atoms with Crippen LogP contribution < -0.4 is 9.80 Å². The lowest BCUT2D eigenvalue weighted by Gasteiger charge is -2.33. The van der Waals surface area contributed by atoms with Crippen molar-refractivity contribution in [3.63, 3.8) is 0 Å². The lowest BCUT2D eigenvalue weighted by atomic mass is 9.69. The summed E-state index contributed by atoms with van der Waals surface area (Å²) in [6.45, 7) is 16.3. The van der Waals surface area contributed by atoms with Crippen LogP contribution in [0.3, 0.4) is 0 Å². The molecule has 0 saturated carbocycles. The molecule has 16 aromatic rings. The molecule has 0 atom stereocenters. The van der Waals surface area contributed by atoms with Gasteiger partial charge in [0.1, 0.15) is 0 Å². The molecule has 2 nitrogen and oxygen atoms in total. The highest BCUT2D eigenvalue weighted by Gasteiger charge is 2.45. The van der Waals surface area contributed by atoms with E-state index in [0.29, 0.717) is 0 Å². The lowest BCUT2D eigenvalue weighted by Crippen LogP contribution is -2.31. The van der Waals surface area contributed by atoms with Crippen LogP contribution >= 0.6 is 0 Å². The first kappa shape index (κ1) is 69.8. The van der Waals surface area contributed by atoms with Gasteiger partial charge in [0.05, 0.1) is 0 Å². The molecule has 0 aliphatic heterocycles. The summed E-state index contributed by atoms with van der Waals surface area (Å²) < 4.78 is 0. The fourth-order valence-electron chi connectivity index (χ4n) is 17.6. The van der Waals surface area contributed by atoms with Crippen molar-refractivity contribution in [1.82, 2.24) is 0 Å². The molecule has 2 heteroatoms. The van der Waals surface area contributed by atoms with Crippen LogP contribution in [0, 0.1) is 0 Å². The molecule has 2 aliphatic carbocycles. The van der Waals surface area contributed by atoms with Crippen LogP contribution in [0.5, 0.6) is 0 Å². The second kappa shape index (κ2) is 30.3. The number of hydrogen-bond acceptors (Lipinski definition) is 2. The Morgan fingerprint density at radius 2 is 0.393 bits per heavy atom. The van der Waals surface area contributed by atoms with Crippen molar-refractivity contribution in [1.29, 1.82) is 0 Å². The minimum Gasteiger partial charge on any atom is -0.311 e. The highest BCUT2D eigenvalue weighted by molar-refractivity contribution is 5.89. The van der Waals surface area contributed by atoms with E-state index in [1.165, 1.54) is 100 Å². The first-order valence-electron chi connectivity index (χ1n) is 38.9. The van der Waals surface area contributed by atoms with Crippen LogP contribution in [0.25, 0.3) is 102 Å². The molecule has 0 aromatic heterocycles. The highest BCUT2D eigenvalue weighted by Crippen LogP contribution is 2.56. The predicted octanol–water partition coefficient (Wildman–Crippen LogP) is 29.0. The topological polar surface area (TPSA) is 6.48 Å². The first-order valence-corrected chi connectivity index (χ1v) is 38.9. The van der Waals surface area contributed by atoms with Gasteiger partial charge in [-0.25, -0.2) is 0 Å². The van der Waals surface area contributed by atoms with Crippen molar-refractivity contribution in [2.45, 2.75) is 36.5 Å². The number of rotatable bonds is 23. The summed E-state index contributed by atoms with van der Waals surface area (Å²) in [7, 11) is 0. The zero-order valence-electron chi connectivity index (χ0n) is 62.8. The van der Waals surface area contributed by atoms with Crippen molar-refractivity contribution in [3.05, 3.63) is 481 Å². The van der Waals surface area contributed by atoms with Crippen LogP contribution in [0.1, 0.15) is 66.8 Å². The van der Waals surface area contributed by atoms with Gasteiger partial charge in [0.15, 0.2) is 0 Å². The molecule has 0 amide bonds. The Morgan fingerprint density at radius 3 is 0.643 bits per heavy atom. The van der Waals surface area contributed by atoms with E-state index in [1.54, 1.807) is 0 Å². The number of benzene rings is 16. The molecule has 0 radical (unpaired) electrons. The zero-order chi connectivity index (χ0) is 75.5. The van der Waals surface area contributed by atoms with Gasteiger partial charge in [-0.2, -0.15) is 0 Å². The second-order valence-corrected chi connectivity index (χ2v) is 30.0. The van der Waals surface area contributed by atoms with Gasteiger partial charge in [0.25, 0.3) is 0 Å². The Hall–Kier alpha value is -13.9. The van der Waals surface area contributed by atoms with Crippen molar-refractivity contribution in [2.75, 3.05) is 9.80 Å². The quantitative estimate of drug-likeness (QED) is 0.0630. The SMILES string of the molecule is C=Cc1ccc(CC2(Cc3ccc(C=C)cc3)c3ccccc3-c3ccc(-c4ccc(N(c5ccc(-c6ccccc6)cc5)c5ccc(-c6ccc(N(c7ccc(-c8ccccc8)cc7)c7ccc(-c8ccc9c(c8)C(Cc8ccc(C=C)cc8)(Cc8ccc(C=C)cc8)c8ccccc8-9)cc7)cc6)cc5)cc4)cc32)cc1. The van der Waals surface area contributed by atoms with Gasteiger partial charge >= 0.3 is 0 Å². The van der Waals surface area contributed by atoms with Crippen LogP contribution in [0.15, 0.2) is 415 Å². The highest BCUT2D eigenvalue weighted by atomic mass is 15.1. The molecule has 0 N–H and O–H groups in total. The summed E-state index contributed by atoms with van der Waals surface area (Å²) in [4.78, 5) is 4.76. The summed E-state index contributed by atoms with van der Waals surface area (Å²) in [6, 6.07) is 144. The Kier molecular flexibility index (Phi) is 18.9. The van der Waals surface area contributed by atoms with Gasteiger partial charge in [-0.1, -0.05) is 354 Å². The fourth-order valence-corrected chi connectivity index (χ4v) is 17.6. The van der Waals surface area contributed by atoms with Crippen molar-refractivity contribution >= 4 is 58.4 Å². The van der Waals surface area contributed by atoms with E-state index in [1.807, 2.05) is 24.3 Å². The summed E-state index contributed by atoms with van der Waals surface area (Å²) in [5.41, 5.74) is 37.7. The van der Waals surface area contributed by atoms with Gasteiger partial charge in [0.2, 0.25) is 0 Å². The molecular formula is C110H84N2. The Morgan fingerprint density at radius 1 is 0.188 bits per heavy atom. The molecule has 0 heterocycles. The largest absolute Gasteiger partial charge is 0.311 e. The molecule has 112 heavy (non-hydrogen) atoms. The molecule has 0 saturated heterocycles. The van der Waals surface area contributed by atoms with Gasteiger partial charge in [0, 0.05) is 45.0 Å².